The van der Waals surface area contributed by atoms with Gasteiger partial charge in [-0.25, -0.2) is 4.39 Å². The molecule has 1 aromatic carbocycles. The van der Waals surface area contributed by atoms with Crippen molar-refractivity contribution in [1.82, 2.24) is 10.2 Å². The number of anilines is 1. The molecule has 1 N–H and O–H groups in total. The van der Waals surface area contributed by atoms with Crippen molar-refractivity contribution in [1.29, 1.82) is 0 Å². The molecule has 0 radical (unpaired) electrons. The molecule has 0 aliphatic carbocycles. The normalized spacial score (nSPS) is 14.2. The molecule has 0 unspecified atom stereocenters. The van der Waals surface area contributed by atoms with E-state index in [-0.39, 0.29) is 18.5 Å². The predicted molar refractivity (Wildman–Crippen MR) is 80.7 cm³/mol. The summed E-state index contributed by atoms with van der Waals surface area (Å²) in [5.74, 6) is 0.534. The summed E-state index contributed by atoms with van der Waals surface area (Å²) in [5.41, 5.74) is 1.26. The Bertz CT molecular complexity index is 724. The zero-order valence-electron chi connectivity index (χ0n) is 12.0. The minimum absolute atomic E-state index is 0.0840. The molecular formula is C13H11F4N3O2S2. The van der Waals surface area contributed by atoms with Crippen LogP contribution in [0.25, 0.3) is 0 Å². The average molecular weight is 381 g/mol. The number of nitrogens with zero attached hydrogens (tertiary/aromatic N) is 2. The van der Waals surface area contributed by atoms with Crippen molar-refractivity contribution in [3.8, 4) is 5.75 Å². The van der Waals surface area contributed by atoms with Crippen molar-refractivity contribution < 1.29 is 27.0 Å². The molecule has 0 saturated heterocycles. The van der Waals surface area contributed by atoms with Gasteiger partial charge in [0.25, 0.3) is 0 Å². The van der Waals surface area contributed by atoms with Gasteiger partial charge in [0.1, 0.15) is 18.1 Å². The van der Waals surface area contributed by atoms with E-state index in [9.17, 15) is 17.6 Å². The standard InChI is InChI=1S/C13H11F4N3O2S2/c14-9-1-7-3-21-6-22-10(7)8(2-9)4-23-12-20-19-11(24-12)18-5-13(15,16)17/h1-2H,3-6H2,(H,18,19). The Morgan fingerprint density at radius 2 is 2.12 bits per heavy atom. The minimum atomic E-state index is -4.32. The van der Waals surface area contributed by atoms with Crippen LogP contribution in [0.2, 0.25) is 0 Å². The summed E-state index contributed by atoms with van der Waals surface area (Å²) in [6.45, 7) is -0.798. The molecule has 2 heterocycles. The first-order valence-corrected chi connectivity index (χ1v) is 8.50. The highest BCUT2D eigenvalue weighted by Crippen LogP contribution is 2.35. The Labute approximate surface area is 142 Å². The fourth-order valence-corrected chi connectivity index (χ4v) is 3.73. The number of thioether (sulfide) groups is 1. The topological polar surface area (TPSA) is 56.3 Å². The second-order valence-corrected chi connectivity index (χ2v) is 6.99. The van der Waals surface area contributed by atoms with Crippen molar-refractivity contribution in [2.45, 2.75) is 22.9 Å². The molecule has 0 spiro atoms. The van der Waals surface area contributed by atoms with Gasteiger partial charge in [-0.2, -0.15) is 13.2 Å². The molecule has 1 aliphatic heterocycles. The maximum atomic E-state index is 13.6. The van der Waals surface area contributed by atoms with Crippen molar-refractivity contribution in [2.24, 2.45) is 0 Å². The number of halogens is 4. The number of benzene rings is 1. The van der Waals surface area contributed by atoms with Crippen LogP contribution in [-0.2, 0) is 17.1 Å². The second-order valence-electron chi connectivity index (χ2n) is 4.79. The molecule has 2 aromatic rings. The van der Waals surface area contributed by atoms with Gasteiger partial charge < -0.3 is 14.8 Å². The van der Waals surface area contributed by atoms with Gasteiger partial charge in [-0.15, -0.1) is 10.2 Å². The molecule has 0 bridgehead atoms. The Morgan fingerprint density at radius 3 is 2.92 bits per heavy atom. The number of hydrogen-bond acceptors (Lipinski definition) is 7. The first-order chi connectivity index (χ1) is 11.4. The molecule has 1 aliphatic rings. The van der Waals surface area contributed by atoms with Crippen molar-refractivity contribution in [3.05, 3.63) is 29.1 Å². The summed E-state index contributed by atoms with van der Waals surface area (Å²) in [7, 11) is 0. The number of aromatic nitrogens is 2. The van der Waals surface area contributed by atoms with Crippen molar-refractivity contribution in [2.75, 3.05) is 18.7 Å². The predicted octanol–water partition coefficient (Wildman–Crippen LogP) is 3.81. The Hall–Kier alpha value is -1.59. The van der Waals surface area contributed by atoms with Crippen LogP contribution >= 0.6 is 23.1 Å². The van der Waals surface area contributed by atoms with Gasteiger partial charge in [0.05, 0.1) is 6.61 Å². The lowest BCUT2D eigenvalue weighted by molar-refractivity contribution is -0.115. The van der Waals surface area contributed by atoms with Gasteiger partial charge in [0, 0.05) is 16.9 Å². The number of rotatable bonds is 5. The Balaban J connectivity index is 1.64. The van der Waals surface area contributed by atoms with Gasteiger partial charge >= 0.3 is 6.18 Å². The molecule has 0 atom stereocenters. The summed E-state index contributed by atoms with van der Waals surface area (Å²) < 4.78 is 61.1. The number of hydrogen-bond donors (Lipinski definition) is 1. The summed E-state index contributed by atoms with van der Waals surface area (Å²) in [6.07, 6.45) is -4.32. The third kappa shape index (κ3) is 4.48. The van der Waals surface area contributed by atoms with Crippen molar-refractivity contribution in [3.63, 3.8) is 0 Å². The summed E-state index contributed by atoms with van der Waals surface area (Å²) in [6, 6.07) is 2.72. The van der Waals surface area contributed by atoms with E-state index in [1.54, 1.807) is 0 Å². The molecule has 5 nitrogen and oxygen atoms in total. The smallest absolute Gasteiger partial charge is 0.405 e. The van der Waals surface area contributed by atoms with E-state index >= 15 is 0 Å². The molecule has 24 heavy (non-hydrogen) atoms. The lowest BCUT2D eigenvalue weighted by atomic mass is 10.1. The Morgan fingerprint density at radius 1 is 1.29 bits per heavy atom. The summed E-state index contributed by atoms with van der Waals surface area (Å²) in [5, 5.41) is 9.71. The summed E-state index contributed by atoms with van der Waals surface area (Å²) in [4.78, 5) is 0. The molecule has 0 fully saturated rings. The zero-order valence-corrected chi connectivity index (χ0v) is 13.7. The van der Waals surface area contributed by atoms with E-state index in [4.69, 9.17) is 9.47 Å². The first kappa shape index (κ1) is 17.2. The van der Waals surface area contributed by atoms with Crippen LogP contribution in [0.5, 0.6) is 5.75 Å². The van der Waals surface area contributed by atoms with Gasteiger partial charge in [0.2, 0.25) is 5.13 Å². The third-order valence-electron chi connectivity index (χ3n) is 2.95. The lowest BCUT2D eigenvalue weighted by Gasteiger charge is -2.20. The molecule has 3 rings (SSSR count). The van der Waals surface area contributed by atoms with E-state index in [0.29, 0.717) is 27.0 Å². The first-order valence-electron chi connectivity index (χ1n) is 6.69. The van der Waals surface area contributed by atoms with Crippen LogP contribution in [0.4, 0.5) is 22.7 Å². The van der Waals surface area contributed by atoms with E-state index in [1.165, 1.54) is 23.9 Å². The van der Waals surface area contributed by atoms with Gasteiger partial charge in [-0.3, -0.25) is 0 Å². The van der Waals surface area contributed by atoms with Crippen LogP contribution in [0.1, 0.15) is 11.1 Å². The number of nitrogens with one attached hydrogen (secondary N) is 1. The molecule has 1 aromatic heterocycles. The van der Waals surface area contributed by atoms with Crippen LogP contribution in [-0.4, -0.2) is 29.7 Å². The molecule has 0 saturated carbocycles. The van der Waals surface area contributed by atoms with E-state index in [1.807, 2.05) is 0 Å². The molecule has 130 valence electrons. The highest BCUT2D eigenvalue weighted by molar-refractivity contribution is 8.00. The largest absolute Gasteiger partial charge is 0.467 e. The fraction of sp³-hybridized carbons (Fsp3) is 0.385. The van der Waals surface area contributed by atoms with Gasteiger partial charge in [-0.1, -0.05) is 23.1 Å². The van der Waals surface area contributed by atoms with Crippen LogP contribution < -0.4 is 10.1 Å². The van der Waals surface area contributed by atoms with Crippen LogP contribution in [0.15, 0.2) is 16.5 Å². The van der Waals surface area contributed by atoms with Crippen molar-refractivity contribution >= 4 is 28.2 Å². The summed E-state index contributed by atoms with van der Waals surface area (Å²) >= 11 is 2.25. The molecule has 0 amide bonds. The quantitative estimate of drug-likeness (QED) is 0.628. The molecule has 11 heteroatoms. The maximum Gasteiger partial charge on any atom is 0.405 e. The monoisotopic (exact) mass is 381 g/mol. The van der Waals surface area contributed by atoms with Gasteiger partial charge in [0.15, 0.2) is 11.1 Å². The molecular weight excluding hydrogens is 370 g/mol. The highest BCUT2D eigenvalue weighted by Gasteiger charge is 2.27. The Kier molecular flexibility index (Phi) is 5.11. The SMILES string of the molecule is Fc1cc2c(c(CSc3nnc(NCC(F)(F)F)s3)c1)OCOC2. The number of fused-ring (bicyclic) bond motifs is 1. The fourth-order valence-electron chi connectivity index (χ4n) is 2.02. The third-order valence-corrected chi connectivity index (χ3v) is 5.01. The maximum absolute atomic E-state index is 13.6. The highest BCUT2D eigenvalue weighted by atomic mass is 32.2. The van der Waals surface area contributed by atoms with Crippen LogP contribution in [0.3, 0.4) is 0 Å². The van der Waals surface area contributed by atoms with Crippen LogP contribution in [0, 0.1) is 5.82 Å². The van der Waals surface area contributed by atoms with E-state index in [0.717, 1.165) is 11.3 Å². The van der Waals surface area contributed by atoms with E-state index < -0.39 is 18.5 Å². The zero-order chi connectivity index (χ0) is 17.2. The number of alkyl halides is 3. The average Bonchev–Trinajstić information content (AvgIpc) is 2.98. The lowest BCUT2D eigenvalue weighted by Crippen LogP contribution is -2.21. The van der Waals surface area contributed by atoms with E-state index in [2.05, 4.69) is 15.5 Å². The number of ether oxygens (including phenoxy) is 2. The van der Waals surface area contributed by atoms with Gasteiger partial charge in [-0.05, 0) is 12.1 Å². The second kappa shape index (κ2) is 7.11. The minimum Gasteiger partial charge on any atom is -0.467 e.